The number of aryl methyl sites for hydroxylation is 1. The zero-order valence-electron chi connectivity index (χ0n) is 16.8. The molecular formula is C22H21F2N3O3. The molecule has 2 amide bonds. The van der Waals surface area contributed by atoms with E-state index in [1.165, 1.54) is 19.2 Å². The Bertz CT molecular complexity index is 1130. The van der Waals surface area contributed by atoms with Gasteiger partial charge in [-0.3, -0.25) is 4.79 Å². The Morgan fingerprint density at radius 1 is 1.07 bits per heavy atom. The number of aromatic nitrogens is 1. The van der Waals surface area contributed by atoms with Crippen molar-refractivity contribution in [1.29, 1.82) is 0 Å². The first-order valence-corrected chi connectivity index (χ1v) is 9.38. The number of anilines is 2. The molecule has 8 heteroatoms. The summed E-state index contributed by atoms with van der Waals surface area (Å²) in [6, 6.07) is 7.43. The maximum Gasteiger partial charge on any atom is 0.323 e. The number of urea groups is 1. The molecule has 0 fully saturated rings. The first-order valence-electron chi connectivity index (χ1n) is 9.38. The maximum atomic E-state index is 14.3. The van der Waals surface area contributed by atoms with Crippen LogP contribution in [0.15, 0.2) is 36.4 Å². The van der Waals surface area contributed by atoms with E-state index >= 15 is 0 Å². The fraction of sp³-hybridized carbons (Fsp3) is 0.227. The van der Waals surface area contributed by atoms with Gasteiger partial charge >= 0.3 is 6.03 Å². The summed E-state index contributed by atoms with van der Waals surface area (Å²) < 4.78 is 33.6. The zero-order chi connectivity index (χ0) is 21.8. The van der Waals surface area contributed by atoms with Crippen LogP contribution in [-0.2, 0) is 0 Å². The number of carbonyl (C=O) groups is 2. The summed E-state index contributed by atoms with van der Waals surface area (Å²) >= 11 is 0. The molecule has 156 valence electrons. The molecule has 0 saturated carbocycles. The summed E-state index contributed by atoms with van der Waals surface area (Å²) in [6.45, 7) is 3.50. The van der Waals surface area contributed by atoms with Gasteiger partial charge in [0.1, 0.15) is 22.9 Å². The first-order chi connectivity index (χ1) is 14.3. The summed E-state index contributed by atoms with van der Waals surface area (Å²) in [7, 11) is 1.46. The van der Waals surface area contributed by atoms with Crippen molar-refractivity contribution in [3.63, 3.8) is 0 Å². The highest BCUT2D eigenvalue weighted by Crippen LogP contribution is 2.29. The summed E-state index contributed by atoms with van der Waals surface area (Å²) in [5.74, 6) is -1.08. The van der Waals surface area contributed by atoms with Crippen molar-refractivity contribution in [2.45, 2.75) is 26.7 Å². The van der Waals surface area contributed by atoms with E-state index in [1.807, 2.05) is 6.92 Å². The van der Waals surface area contributed by atoms with Crippen LogP contribution in [0, 0.1) is 18.6 Å². The number of carbonyl (C=O) groups excluding carboxylic acids is 2. The highest BCUT2D eigenvalue weighted by atomic mass is 19.1. The smallest absolute Gasteiger partial charge is 0.323 e. The van der Waals surface area contributed by atoms with Gasteiger partial charge < -0.3 is 15.4 Å². The topological polar surface area (TPSA) is 80.3 Å². The molecule has 0 radical (unpaired) electrons. The van der Waals surface area contributed by atoms with Gasteiger partial charge in [-0.05, 0) is 49.7 Å². The zero-order valence-corrected chi connectivity index (χ0v) is 16.8. The summed E-state index contributed by atoms with van der Waals surface area (Å²) in [4.78, 5) is 28.9. The van der Waals surface area contributed by atoms with Crippen molar-refractivity contribution in [3.05, 3.63) is 59.3 Å². The molecular weight excluding hydrogens is 392 g/mol. The first kappa shape index (κ1) is 21.2. The summed E-state index contributed by atoms with van der Waals surface area (Å²) in [6.07, 6.45) is 1.02. The van der Waals surface area contributed by atoms with Crippen molar-refractivity contribution in [3.8, 4) is 5.75 Å². The number of fused-ring (bicyclic) bond motifs is 1. The van der Waals surface area contributed by atoms with Gasteiger partial charge in [0.15, 0.2) is 5.78 Å². The molecule has 0 aliphatic carbocycles. The monoisotopic (exact) mass is 413 g/mol. The van der Waals surface area contributed by atoms with E-state index in [4.69, 9.17) is 4.74 Å². The third kappa shape index (κ3) is 4.37. The molecule has 1 aromatic heterocycles. The molecule has 0 saturated heterocycles. The Labute approximate surface area is 172 Å². The second kappa shape index (κ2) is 8.86. The van der Waals surface area contributed by atoms with Crippen LogP contribution in [0.25, 0.3) is 10.9 Å². The van der Waals surface area contributed by atoms with E-state index in [1.54, 1.807) is 19.1 Å². The largest absolute Gasteiger partial charge is 0.496 e. The van der Waals surface area contributed by atoms with Crippen LogP contribution in [0.5, 0.6) is 5.75 Å². The van der Waals surface area contributed by atoms with E-state index < -0.39 is 17.7 Å². The van der Waals surface area contributed by atoms with Gasteiger partial charge in [-0.2, -0.15) is 0 Å². The molecule has 0 bridgehead atoms. The molecule has 3 rings (SSSR count). The number of hydrogen-bond acceptors (Lipinski definition) is 4. The number of Topliss-reactive ketones (excluding diaryl/α,β-unsaturated/α-hetero) is 1. The molecule has 0 unspecified atom stereocenters. The number of methoxy groups -OCH3 is 1. The Balaban J connectivity index is 1.89. The Kier molecular flexibility index (Phi) is 6.25. The standard InChI is InChI=1S/C22H21F2N3O3/c1-4-5-18(28)14-11-13(6-9-19(14)30-3)26-22(29)27-17-10-12(2)25-21-16(24)8-7-15(23)20(17)21/h6-11H,4-5H2,1-3H3,(H2,25,26,27,29). The second-order valence-corrected chi connectivity index (χ2v) is 6.73. The van der Waals surface area contributed by atoms with E-state index in [2.05, 4.69) is 15.6 Å². The third-order valence-electron chi connectivity index (χ3n) is 4.47. The van der Waals surface area contributed by atoms with Crippen molar-refractivity contribution in [1.82, 2.24) is 4.98 Å². The van der Waals surface area contributed by atoms with Crippen LogP contribution >= 0.6 is 0 Å². The van der Waals surface area contributed by atoms with Gasteiger partial charge in [0, 0.05) is 17.8 Å². The van der Waals surface area contributed by atoms with E-state index in [-0.39, 0.29) is 22.4 Å². The number of nitrogens with one attached hydrogen (secondary N) is 2. The molecule has 0 atom stereocenters. The van der Waals surface area contributed by atoms with Crippen LogP contribution in [-0.4, -0.2) is 23.9 Å². The summed E-state index contributed by atoms with van der Waals surface area (Å²) in [5.41, 5.74) is 1.05. The molecule has 0 aliphatic rings. The maximum absolute atomic E-state index is 14.3. The number of nitrogens with zero attached hydrogens (tertiary/aromatic N) is 1. The molecule has 6 nitrogen and oxygen atoms in total. The number of ether oxygens (including phenoxy) is 1. The SMILES string of the molecule is CCCC(=O)c1cc(NC(=O)Nc2cc(C)nc3c(F)ccc(F)c23)ccc1OC. The molecule has 3 aromatic rings. The fourth-order valence-corrected chi connectivity index (χ4v) is 3.14. The van der Waals surface area contributed by atoms with Gasteiger partial charge in [-0.1, -0.05) is 6.92 Å². The number of benzene rings is 2. The molecule has 1 heterocycles. The lowest BCUT2D eigenvalue weighted by Crippen LogP contribution is -2.20. The van der Waals surface area contributed by atoms with Crippen molar-refractivity contribution in [2.24, 2.45) is 0 Å². The highest BCUT2D eigenvalue weighted by molar-refractivity contribution is 6.06. The number of hydrogen-bond donors (Lipinski definition) is 2. The van der Waals surface area contributed by atoms with E-state index in [0.717, 1.165) is 12.1 Å². The lowest BCUT2D eigenvalue weighted by atomic mass is 10.0. The van der Waals surface area contributed by atoms with Gasteiger partial charge in [-0.15, -0.1) is 0 Å². The minimum atomic E-state index is -0.703. The predicted molar refractivity (Wildman–Crippen MR) is 111 cm³/mol. The molecule has 0 aliphatic heterocycles. The normalized spacial score (nSPS) is 10.7. The van der Waals surface area contributed by atoms with Crippen LogP contribution < -0.4 is 15.4 Å². The minimum absolute atomic E-state index is 0.0859. The van der Waals surface area contributed by atoms with Crippen molar-refractivity contribution >= 4 is 34.1 Å². The number of ketones is 1. The van der Waals surface area contributed by atoms with Crippen LogP contribution in [0.1, 0.15) is 35.8 Å². The predicted octanol–water partition coefficient (Wildman–Crippen LogP) is 5.46. The Morgan fingerprint density at radius 2 is 1.80 bits per heavy atom. The Hall–Kier alpha value is -3.55. The van der Waals surface area contributed by atoms with E-state index in [0.29, 0.717) is 35.5 Å². The average Bonchev–Trinajstić information content (AvgIpc) is 2.70. The highest BCUT2D eigenvalue weighted by Gasteiger charge is 2.16. The van der Waals surface area contributed by atoms with Gasteiger partial charge in [0.05, 0.1) is 23.7 Å². The van der Waals surface area contributed by atoms with Crippen LogP contribution in [0.3, 0.4) is 0 Å². The molecule has 2 N–H and O–H groups in total. The quantitative estimate of drug-likeness (QED) is 0.526. The average molecular weight is 413 g/mol. The molecule has 0 spiro atoms. The fourth-order valence-electron chi connectivity index (χ4n) is 3.14. The number of halogens is 2. The van der Waals surface area contributed by atoms with Crippen molar-refractivity contribution < 1.29 is 23.1 Å². The third-order valence-corrected chi connectivity index (χ3v) is 4.47. The summed E-state index contributed by atoms with van der Waals surface area (Å²) in [5, 5.41) is 5.01. The Morgan fingerprint density at radius 3 is 2.50 bits per heavy atom. The van der Waals surface area contributed by atoms with Gasteiger partial charge in [-0.25, -0.2) is 18.6 Å². The lowest BCUT2D eigenvalue weighted by molar-refractivity contribution is 0.0979. The van der Waals surface area contributed by atoms with Gasteiger partial charge in [0.25, 0.3) is 0 Å². The van der Waals surface area contributed by atoms with E-state index in [9.17, 15) is 18.4 Å². The lowest BCUT2D eigenvalue weighted by Gasteiger charge is -2.13. The van der Waals surface area contributed by atoms with Gasteiger partial charge in [0.2, 0.25) is 0 Å². The van der Waals surface area contributed by atoms with Crippen LogP contribution in [0.2, 0.25) is 0 Å². The number of pyridine rings is 1. The van der Waals surface area contributed by atoms with Crippen LogP contribution in [0.4, 0.5) is 25.0 Å². The number of rotatable bonds is 6. The molecule has 2 aromatic carbocycles. The minimum Gasteiger partial charge on any atom is -0.496 e. The second-order valence-electron chi connectivity index (χ2n) is 6.73. The van der Waals surface area contributed by atoms with Crippen molar-refractivity contribution in [2.75, 3.05) is 17.7 Å². The number of amides is 2. The molecule has 30 heavy (non-hydrogen) atoms.